The lowest BCUT2D eigenvalue weighted by Crippen LogP contribution is -2.54. The van der Waals surface area contributed by atoms with Crippen molar-refractivity contribution in [1.82, 2.24) is 10.6 Å². The molecule has 6 aromatic rings. The van der Waals surface area contributed by atoms with Crippen molar-refractivity contribution in [2.24, 2.45) is 11.1 Å². The van der Waals surface area contributed by atoms with Crippen molar-refractivity contribution in [1.29, 1.82) is 0 Å². The summed E-state index contributed by atoms with van der Waals surface area (Å²) in [4.78, 5) is 54.8. The average molecular weight is 978 g/mol. The van der Waals surface area contributed by atoms with Crippen molar-refractivity contribution in [3.05, 3.63) is 191 Å². The quantitative estimate of drug-likeness (QED) is 0.0320. The van der Waals surface area contributed by atoms with Gasteiger partial charge < -0.3 is 40.1 Å². The SMILES string of the molecule is CC(C)(C)[C@H](NC(=O)C(N)Cc1cc(-c2ccc(OCc3ccccc3)c(CC(NC(=O)OCc3ccccc3)C(=O)OCC[Si](C)(C)C)c2)ccc1OCc1ccccc1)C(=O)OCc1ccccc1. The highest BCUT2D eigenvalue weighted by molar-refractivity contribution is 6.76. The van der Waals surface area contributed by atoms with Gasteiger partial charge in [-0.3, -0.25) is 4.79 Å². The number of amides is 2. The third kappa shape index (κ3) is 17.3. The molecule has 372 valence electrons. The molecule has 6 aromatic carbocycles. The van der Waals surface area contributed by atoms with Gasteiger partial charge in [-0.15, -0.1) is 0 Å². The highest BCUT2D eigenvalue weighted by atomic mass is 28.3. The Morgan fingerprint density at radius 3 is 1.42 bits per heavy atom. The van der Waals surface area contributed by atoms with E-state index in [4.69, 9.17) is 29.4 Å². The van der Waals surface area contributed by atoms with Gasteiger partial charge in [-0.25, -0.2) is 14.4 Å². The minimum atomic E-state index is -1.56. The first-order chi connectivity index (χ1) is 34.0. The number of hydrogen-bond donors (Lipinski definition) is 3. The predicted molar refractivity (Wildman–Crippen MR) is 279 cm³/mol. The van der Waals surface area contributed by atoms with Gasteiger partial charge in [0.2, 0.25) is 5.91 Å². The Labute approximate surface area is 419 Å². The van der Waals surface area contributed by atoms with Gasteiger partial charge in [-0.05, 0) is 80.2 Å². The van der Waals surface area contributed by atoms with E-state index in [-0.39, 0.29) is 45.9 Å². The largest absolute Gasteiger partial charge is 0.489 e. The van der Waals surface area contributed by atoms with Gasteiger partial charge in [-0.1, -0.05) is 174 Å². The van der Waals surface area contributed by atoms with E-state index in [2.05, 4.69) is 30.3 Å². The number of nitrogens with two attached hydrogens (primary N) is 1. The summed E-state index contributed by atoms with van der Waals surface area (Å²) < 4.78 is 29.9. The van der Waals surface area contributed by atoms with Crippen LogP contribution in [-0.4, -0.2) is 56.7 Å². The topological polar surface area (TPSA) is 165 Å². The second-order valence-electron chi connectivity index (χ2n) is 19.8. The van der Waals surface area contributed by atoms with Gasteiger partial charge in [0.25, 0.3) is 0 Å². The van der Waals surface area contributed by atoms with Crippen LogP contribution in [0.5, 0.6) is 11.5 Å². The minimum Gasteiger partial charge on any atom is -0.489 e. The van der Waals surface area contributed by atoms with Gasteiger partial charge in [0.05, 0.1) is 12.6 Å². The molecular formula is C58H67N3O9Si. The molecule has 0 saturated heterocycles. The molecule has 3 atom stereocenters. The van der Waals surface area contributed by atoms with Gasteiger partial charge in [0.1, 0.15) is 50.0 Å². The van der Waals surface area contributed by atoms with E-state index in [0.29, 0.717) is 22.6 Å². The van der Waals surface area contributed by atoms with Crippen molar-refractivity contribution in [3.8, 4) is 22.6 Å². The third-order valence-corrected chi connectivity index (χ3v) is 13.3. The fourth-order valence-corrected chi connectivity index (χ4v) is 8.20. The first-order valence-corrected chi connectivity index (χ1v) is 27.7. The van der Waals surface area contributed by atoms with Crippen molar-refractivity contribution in [3.63, 3.8) is 0 Å². The van der Waals surface area contributed by atoms with E-state index in [1.165, 1.54) is 0 Å². The van der Waals surface area contributed by atoms with Crippen LogP contribution in [0.1, 0.15) is 54.2 Å². The van der Waals surface area contributed by atoms with E-state index in [1.807, 2.05) is 178 Å². The van der Waals surface area contributed by atoms with Crippen LogP contribution >= 0.6 is 0 Å². The lowest BCUT2D eigenvalue weighted by Gasteiger charge is -2.30. The van der Waals surface area contributed by atoms with E-state index in [0.717, 1.165) is 39.4 Å². The monoisotopic (exact) mass is 977 g/mol. The second-order valence-corrected chi connectivity index (χ2v) is 25.5. The van der Waals surface area contributed by atoms with Crippen LogP contribution in [0, 0.1) is 5.41 Å². The zero-order valence-electron chi connectivity index (χ0n) is 41.7. The number of alkyl carbamates (subject to hydrolysis) is 1. The van der Waals surface area contributed by atoms with E-state index in [1.54, 1.807) is 0 Å². The lowest BCUT2D eigenvalue weighted by molar-refractivity contribution is -0.152. The molecule has 0 spiro atoms. The summed E-state index contributed by atoms with van der Waals surface area (Å²) in [6.45, 7) is 13.0. The van der Waals surface area contributed by atoms with Crippen molar-refractivity contribution < 1.29 is 42.9 Å². The minimum absolute atomic E-state index is 0.0160. The van der Waals surface area contributed by atoms with Gasteiger partial charge >= 0.3 is 18.0 Å². The molecule has 6 rings (SSSR count). The summed E-state index contributed by atoms with van der Waals surface area (Å²) in [6, 6.07) is 47.0. The summed E-state index contributed by atoms with van der Waals surface area (Å²) in [5.41, 5.74) is 12.3. The van der Waals surface area contributed by atoms with Crippen LogP contribution in [-0.2, 0) is 67.9 Å². The molecule has 12 nitrogen and oxygen atoms in total. The number of rotatable bonds is 23. The molecule has 0 radical (unpaired) electrons. The molecule has 0 saturated carbocycles. The number of benzene rings is 6. The van der Waals surface area contributed by atoms with Crippen molar-refractivity contribution in [2.45, 2.75) is 104 Å². The molecule has 2 unspecified atom stereocenters. The Morgan fingerprint density at radius 2 is 0.972 bits per heavy atom. The summed E-state index contributed by atoms with van der Waals surface area (Å²) >= 11 is 0. The Balaban J connectivity index is 1.30. The molecule has 0 fully saturated rings. The lowest BCUT2D eigenvalue weighted by atomic mass is 9.86. The maximum Gasteiger partial charge on any atom is 0.408 e. The standard InChI is InChI=1S/C58H67N3O9Si/c1-58(2,3)53(56(64)69-39-43-23-15-9-16-24-43)61-54(62)49(59)35-47-33-45(27-29-51(47)67-37-41-19-11-7-12-20-41)46-28-30-52(68-38-42-21-13-8-14-22-42)48(34-46)36-50(55(63)66-31-32-71(4,5)6)60-57(65)70-40-44-25-17-10-18-26-44/h7-30,33-34,49-50,53H,31-32,35-40,59H2,1-6H3,(H,60,65)(H,61,62)/t49?,50?,53-/m1/s1. The molecule has 0 aliphatic rings. The smallest absolute Gasteiger partial charge is 0.408 e. The van der Waals surface area contributed by atoms with Crippen molar-refractivity contribution in [2.75, 3.05) is 6.61 Å². The van der Waals surface area contributed by atoms with E-state index >= 15 is 0 Å². The van der Waals surface area contributed by atoms with Crippen LogP contribution in [0.4, 0.5) is 4.79 Å². The highest BCUT2D eigenvalue weighted by Gasteiger charge is 2.35. The number of carbonyl (C=O) groups excluding carboxylic acids is 4. The van der Waals surface area contributed by atoms with Gasteiger partial charge in [-0.2, -0.15) is 0 Å². The number of nitrogens with one attached hydrogen (secondary N) is 2. The first-order valence-electron chi connectivity index (χ1n) is 24.0. The normalized spacial score (nSPS) is 12.7. The highest BCUT2D eigenvalue weighted by Crippen LogP contribution is 2.33. The Hall–Kier alpha value is -7.22. The first kappa shape index (κ1) is 53.1. The molecule has 0 heterocycles. The number of esters is 2. The predicted octanol–water partition coefficient (Wildman–Crippen LogP) is 10.4. The summed E-state index contributed by atoms with van der Waals surface area (Å²) in [5, 5.41) is 5.67. The fraction of sp³-hybridized carbons (Fsp3) is 0.310. The Bertz CT molecular complexity index is 2660. The maximum absolute atomic E-state index is 14.0. The molecule has 0 bridgehead atoms. The van der Waals surface area contributed by atoms with E-state index < -0.39 is 55.6 Å². The average Bonchev–Trinajstić information content (AvgIpc) is 3.36. The van der Waals surface area contributed by atoms with Gasteiger partial charge in [0, 0.05) is 20.9 Å². The molecule has 13 heteroatoms. The van der Waals surface area contributed by atoms with Crippen LogP contribution in [0.2, 0.25) is 25.7 Å². The van der Waals surface area contributed by atoms with Crippen LogP contribution in [0.3, 0.4) is 0 Å². The zero-order chi connectivity index (χ0) is 50.8. The van der Waals surface area contributed by atoms with E-state index in [9.17, 15) is 19.2 Å². The third-order valence-electron chi connectivity index (χ3n) is 11.6. The zero-order valence-corrected chi connectivity index (χ0v) is 42.7. The summed E-state index contributed by atoms with van der Waals surface area (Å²) in [7, 11) is -1.56. The molecule has 71 heavy (non-hydrogen) atoms. The molecular weight excluding hydrogens is 911 g/mol. The van der Waals surface area contributed by atoms with Crippen LogP contribution in [0.25, 0.3) is 11.1 Å². The van der Waals surface area contributed by atoms with Crippen molar-refractivity contribution >= 4 is 32.0 Å². The van der Waals surface area contributed by atoms with Crippen LogP contribution < -0.4 is 25.8 Å². The number of ether oxygens (including phenoxy) is 5. The molecule has 2 amide bonds. The summed E-state index contributed by atoms with van der Waals surface area (Å²) in [5.74, 6) is -0.649. The fourth-order valence-electron chi connectivity index (χ4n) is 7.49. The molecule has 0 aromatic heterocycles. The maximum atomic E-state index is 14.0. The number of hydrogen-bond acceptors (Lipinski definition) is 10. The molecule has 0 aliphatic heterocycles. The second kappa shape index (κ2) is 25.6. The number of carbonyl (C=O) groups is 4. The van der Waals surface area contributed by atoms with Crippen LogP contribution in [0.15, 0.2) is 158 Å². The molecule has 4 N–H and O–H groups in total. The Kier molecular flexibility index (Phi) is 19.1. The van der Waals surface area contributed by atoms with Gasteiger partial charge in [0.15, 0.2) is 0 Å². The molecule has 0 aliphatic carbocycles. The summed E-state index contributed by atoms with van der Waals surface area (Å²) in [6.07, 6.45) is -0.688. The Morgan fingerprint density at radius 1 is 0.535 bits per heavy atom.